The zero-order valence-electron chi connectivity index (χ0n) is 12.7. The highest BCUT2D eigenvalue weighted by Crippen LogP contribution is 2.29. The molecule has 5 heteroatoms. The Labute approximate surface area is 140 Å². The maximum atomic E-state index is 6.27. The van der Waals surface area contributed by atoms with Gasteiger partial charge in [0.05, 0.1) is 6.04 Å². The van der Waals surface area contributed by atoms with Gasteiger partial charge in [0, 0.05) is 28.7 Å². The minimum atomic E-state index is 0.00734. The third kappa shape index (κ3) is 3.43. The van der Waals surface area contributed by atoms with E-state index in [1.807, 2.05) is 55.5 Å². The highest BCUT2D eigenvalue weighted by Gasteiger charge is 2.13. The number of anilines is 2. The molecule has 0 amide bonds. The van der Waals surface area contributed by atoms with E-state index < -0.39 is 0 Å². The fourth-order valence-electron chi connectivity index (χ4n) is 2.40. The number of hydrogen-bond acceptors (Lipinski definition) is 4. The lowest BCUT2D eigenvalue weighted by atomic mass is 10.1. The normalized spacial score (nSPS) is 11.9. The molecule has 3 aromatic rings. The summed E-state index contributed by atoms with van der Waals surface area (Å²) >= 11 is 6.27. The first kappa shape index (κ1) is 15.3. The van der Waals surface area contributed by atoms with Crippen molar-refractivity contribution in [2.45, 2.75) is 13.0 Å². The zero-order valence-corrected chi connectivity index (χ0v) is 13.5. The first-order valence-electron chi connectivity index (χ1n) is 7.33. The molecule has 23 heavy (non-hydrogen) atoms. The van der Waals surface area contributed by atoms with Crippen LogP contribution in [0.4, 0.5) is 11.5 Å². The van der Waals surface area contributed by atoms with Gasteiger partial charge in [0.25, 0.3) is 0 Å². The number of aromatic nitrogens is 2. The third-order valence-electron chi connectivity index (χ3n) is 3.61. The van der Waals surface area contributed by atoms with Crippen LogP contribution in [0.25, 0.3) is 11.3 Å². The number of nitrogens with two attached hydrogens (primary N) is 1. The zero-order chi connectivity index (χ0) is 16.2. The average molecular weight is 325 g/mol. The SMILES string of the molecule is CC(Nc1nccnc1-c1ccc(N)cc1)c1ccccc1Cl. The van der Waals surface area contributed by atoms with Crippen LogP contribution in [0.1, 0.15) is 18.5 Å². The summed E-state index contributed by atoms with van der Waals surface area (Å²) in [5, 5.41) is 4.12. The van der Waals surface area contributed by atoms with Crippen LogP contribution >= 0.6 is 11.6 Å². The van der Waals surface area contributed by atoms with E-state index in [4.69, 9.17) is 17.3 Å². The van der Waals surface area contributed by atoms with Gasteiger partial charge in [-0.25, -0.2) is 4.98 Å². The second kappa shape index (κ2) is 6.67. The number of nitrogen functional groups attached to an aromatic ring is 1. The van der Waals surface area contributed by atoms with E-state index in [2.05, 4.69) is 15.3 Å². The maximum absolute atomic E-state index is 6.27. The summed E-state index contributed by atoms with van der Waals surface area (Å²) in [4.78, 5) is 8.87. The Morgan fingerprint density at radius 2 is 1.70 bits per heavy atom. The molecule has 0 saturated heterocycles. The summed E-state index contributed by atoms with van der Waals surface area (Å²) in [5.74, 6) is 0.713. The molecule has 3 rings (SSSR count). The van der Waals surface area contributed by atoms with E-state index in [1.54, 1.807) is 12.4 Å². The molecule has 0 aliphatic heterocycles. The van der Waals surface area contributed by atoms with Crippen molar-refractivity contribution in [2.24, 2.45) is 0 Å². The van der Waals surface area contributed by atoms with E-state index in [-0.39, 0.29) is 6.04 Å². The highest BCUT2D eigenvalue weighted by atomic mass is 35.5. The van der Waals surface area contributed by atoms with Crippen molar-refractivity contribution < 1.29 is 0 Å². The van der Waals surface area contributed by atoms with Crippen LogP contribution < -0.4 is 11.1 Å². The molecular weight excluding hydrogens is 308 g/mol. The lowest BCUT2D eigenvalue weighted by Gasteiger charge is -2.18. The molecule has 0 aliphatic carbocycles. The molecular formula is C18H17ClN4. The monoisotopic (exact) mass is 324 g/mol. The Bertz CT molecular complexity index is 802. The number of halogens is 1. The molecule has 0 spiro atoms. The van der Waals surface area contributed by atoms with Crippen LogP contribution in [-0.4, -0.2) is 9.97 Å². The van der Waals surface area contributed by atoms with Crippen LogP contribution in [0, 0.1) is 0 Å². The number of nitrogens with one attached hydrogen (secondary N) is 1. The molecule has 0 saturated carbocycles. The molecule has 0 radical (unpaired) electrons. The molecule has 2 aromatic carbocycles. The molecule has 0 bridgehead atoms. The first-order chi connectivity index (χ1) is 11.1. The maximum Gasteiger partial charge on any atom is 0.153 e. The summed E-state index contributed by atoms with van der Waals surface area (Å²) in [7, 11) is 0. The second-order valence-corrected chi connectivity index (χ2v) is 5.67. The van der Waals surface area contributed by atoms with Crippen molar-refractivity contribution in [3.63, 3.8) is 0 Å². The van der Waals surface area contributed by atoms with Gasteiger partial charge in [-0.3, -0.25) is 4.98 Å². The summed E-state index contributed by atoms with van der Waals surface area (Å²) < 4.78 is 0. The van der Waals surface area contributed by atoms with Gasteiger partial charge >= 0.3 is 0 Å². The predicted octanol–water partition coefficient (Wildman–Crippen LogP) is 4.55. The van der Waals surface area contributed by atoms with Crippen LogP contribution in [0.15, 0.2) is 60.9 Å². The predicted molar refractivity (Wildman–Crippen MR) is 95.4 cm³/mol. The number of benzene rings is 2. The Kier molecular flexibility index (Phi) is 4.44. The van der Waals surface area contributed by atoms with Crippen LogP contribution in [0.2, 0.25) is 5.02 Å². The van der Waals surface area contributed by atoms with Crippen molar-refractivity contribution in [3.05, 3.63) is 71.5 Å². The Morgan fingerprint density at radius 3 is 2.43 bits per heavy atom. The fourth-order valence-corrected chi connectivity index (χ4v) is 2.70. The molecule has 0 fully saturated rings. The van der Waals surface area contributed by atoms with E-state index in [0.717, 1.165) is 27.5 Å². The van der Waals surface area contributed by atoms with E-state index in [9.17, 15) is 0 Å². The minimum absolute atomic E-state index is 0.00734. The van der Waals surface area contributed by atoms with Gasteiger partial charge in [0.1, 0.15) is 5.69 Å². The van der Waals surface area contributed by atoms with Crippen molar-refractivity contribution in [1.29, 1.82) is 0 Å². The Balaban J connectivity index is 1.92. The number of nitrogens with zero attached hydrogens (tertiary/aromatic N) is 2. The first-order valence-corrected chi connectivity index (χ1v) is 7.71. The van der Waals surface area contributed by atoms with Gasteiger partial charge in [0.2, 0.25) is 0 Å². The van der Waals surface area contributed by atoms with Crippen molar-refractivity contribution in [1.82, 2.24) is 9.97 Å². The van der Waals surface area contributed by atoms with E-state index in [1.165, 1.54) is 0 Å². The van der Waals surface area contributed by atoms with Gasteiger partial charge < -0.3 is 11.1 Å². The fraction of sp³-hybridized carbons (Fsp3) is 0.111. The lowest BCUT2D eigenvalue weighted by Crippen LogP contribution is -2.10. The third-order valence-corrected chi connectivity index (χ3v) is 3.95. The average Bonchev–Trinajstić information content (AvgIpc) is 2.56. The van der Waals surface area contributed by atoms with E-state index in [0.29, 0.717) is 5.82 Å². The minimum Gasteiger partial charge on any atom is -0.399 e. The standard InChI is InChI=1S/C18H17ClN4/c1-12(15-4-2-3-5-16(15)19)23-18-17(21-10-11-22-18)13-6-8-14(20)9-7-13/h2-12H,20H2,1H3,(H,22,23). The summed E-state index contributed by atoms with van der Waals surface area (Å²) in [6.45, 7) is 2.04. The molecule has 0 aliphatic rings. The van der Waals surface area contributed by atoms with Gasteiger partial charge in [-0.2, -0.15) is 0 Å². The highest BCUT2D eigenvalue weighted by molar-refractivity contribution is 6.31. The molecule has 1 aromatic heterocycles. The van der Waals surface area contributed by atoms with Crippen molar-refractivity contribution in [3.8, 4) is 11.3 Å². The topological polar surface area (TPSA) is 63.8 Å². The summed E-state index contributed by atoms with van der Waals surface area (Å²) in [6, 6.07) is 15.4. The lowest BCUT2D eigenvalue weighted by molar-refractivity contribution is 0.873. The Hall–Kier alpha value is -2.59. The molecule has 3 N–H and O–H groups in total. The smallest absolute Gasteiger partial charge is 0.153 e. The van der Waals surface area contributed by atoms with Gasteiger partial charge in [-0.05, 0) is 30.7 Å². The summed E-state index contributed by atoms with van der Waals surface area (Å²) in [6.07, 6.45) is 3.35. The van der Waals surface area contributed by atoms with Crippen LogP contribution in [-0.2, 0) is 0 Å². The van der Waals surface area contributed by atoms with Crippen LogP contribution in [0.5, 0.6) is 0 Å². The van der Waals surface area contributed by atoms with Gasteiger partial charge in [-0.15, -0.1) is 0 Å². The molecule has 4 nitrogen and oxygen atoms in total. The molecule has 1 atom stereocenters. The Morgan fingerprint density at radius 1 is 1.00 bits per heavy atom. The van der Waals surface area contributed by atoms with Crippen molar-refractivity contribution in [2.75, 3.05) is 11.1 Å². The number of rotatable bonds is 4. The molecule has 1 heterocycles. The van der Waals surface area contributed by atoms with Crippen molar-refractivity contribution >= 4 is 23.1 Å². The largest absolute Gasteiger partial charge is 0.399 e. The van der Waals surface area contributed by atoms with Gasteiger partial charge in [-0.1, -0.05) is 41.9 Å². The summed E-state index contributed by atoms with van der Waals surface area (Å²) in [5.41, 5.74) is 9.23. The quantitative estimate of drug-likeness (QED) is 0.691. The van der Waals surface area contributed by atoms with E-state index >= 15 is 0 Å². The van der Waals surface area contributed by atoms with Crippen LogP contribution in [0.3, 0.4) is 0 Å². The molecule has 116 valence electrons. The molecule has 1 unspecified atom stereocenters. The second-order valence-electron chi connectivity index (χ2n) is 5.26. The van der Waals surface area contributed by atoms with Gasteiger partial charge in [0.15, 0.2) is 5.82 Å². The number of hydrogen-bond donors (Lipinski definition) is 2.